The van der Waals surface area contributed by atoms with E-state index in [0.29, 0.717) is 5.56 Å². The van der Waals surface area contributed by atoms with Gasteiger partial charge in [0.2, 0.25) is 0 Å². The third-order valence-electron chi connectivity index (χ3n) is 3.93. The molecule has 3 rings (SSSR count). The minimum atomic E-state index is 0.106. The van der Waals surface area contributed by atoms with Crippen molar-refractivity contribution in [2.24, 2.45) is 10.9 Å². The monoisotopic (exact) mass is 282 g/mol. The first kappa shape index (κ1) is 13.4. The van der Waals surface area contributed by atoms with E-state index < -0.39 is 0 Å². The molecular formula is C16H18N4O. The maximum atomic E-state index is 9.01. The Kier molecular flexibility index (Phi) is 3.48. The lowest BCUT2D eigenvalue weighted by Gasteiger charge is -2.31. The van der Waals surface area contributed by atoms with E-state index in [1.165, 1.54) is 11.1 Å². The van der Waals surface area contributed by atoms with Crippen molar-refractivity contribution in [3.63, 3.8) is 0 Å². The molecule has 1 aliphatic heterocycles. The SMILES string of the molecule is Cc1ccnc(N2CCc3ccccc3C2)c1/C(N)=N/O. The number of benzene rings is 1. The molecule has 0 aliphatic carbocycles. The number of rotatable bonds is 2. The van der Waals surface area contributed by atoms with Gasteiger partial charge in [0.05, 0.1) is 5.56 Å². The quantitative estimate of drug-likeness (QED) is 0.382. The van der Waals surface area contributed by atoms with E-state index in [2.05, 4.69) is 39.3 Å². The Labute approximate surface area is 123 Å². The molecule has 1 aromatic carbocycles. The Hall–Kier alpha value is -2.56. The van der Waals surface area contributed by atoms with Crippen LogP contribution in [0.15, 0.2) is 41.7 Å². The molecule has 0 radical (unpaired) electrons. The Morgan fingerprint density at radius 2 is 2.05 bits per heavy atom. The molecule has 0 spiro atoms. The van der Waals surface area contributed by atoms with Crippen molar-refractivity contribution in [1.29, 1.82) is 0 Å². The van der Waals surface area contributed by atoms with Crippen LogP contribution in [-0.2, 0) is 13.0 Å². The summed E-state index contributed by atoms with van der Waals surface area (Å²) in [6.07, 6.45) is 2.74. The average molecular weight is 282 g/mol. The Morgan fingerprint density at radius 3 is 2.81 bits per heavy atom. The van der Waals surface area contributed by atoms with Gasteiger partial charge in [-0.1, -0.05) is 29.4 Å². The third-order valence-corrected chi connectivity index (χ3v) is 3.93. The van der Waals surface area contributed by atoms with Gasteiger partial charge in [0.15, 0.2) is 5.84 Å². The second kappa shape index (κ2) is 5.44. The van der Waals surface area contributed by atoms with Gasteiger partial charge in [0.25, 0.3) is 0 Å². The number of pyridine rings is 1. The van der Waals surface area contributed by atoms with Crippen molar-refractivity contribution in [2.75, 3.05) is 11.4 Å². The lowest BCUT2D eigenvalue weighted by Crippen LogP contribution is -2.33. The van der Waals surface area contributed by atoms with Crippen molar-refractivity contribution in [3.8, 4) is 0 Å². The van der Waals surface area contributed by atoms with E-state index in [1.54, 1.807) is 6.20 Å². The van der Waals surface area contributed by atoms with Gasteiger partial charge in [-0.3, -0.25) is 0 Å². The summed E-state index contributed by atoms with van der Waals surface area (Å²) >= 11 is 0. The van der Waals surface area contributed by atoms with Crippen LogP contribution in [0.1, 0.15) is 22.3 Å². The van der Waals surface area contributed by atoms with E-state index >= 15 is 0 Å². The Morgan fingerprint density at radius 1 is 1.29 bits per heavy atom. The van der Waals surface area contributed by atoms with Crippen molar-refractivity contribution >= 4 is 11.7 Å². The Bertz CT molecular complexity index is 696. The third kappa shape index (κ3) is 2.42. The Balaban J connectivity index is 2.01. The van der Waals surface area contributed by atoms with E-state index in [0.717, 1.165) is 30.9 Å². The predicted octanol–water partition coefficient (Wildman–Crippen LogP) is 2.05. The van der Waals surface area contributed by atoms with Gasteiger partial charge in [-0.05, 0) is 36.1 Å². The molecule has 1 aliphatic rings. The van der Waals surface area contributed by atoms with Crippen molar-refractivity contribution in [1.82, 2.24) is 4.98 Å². The fraction of sp³-hybridized carbons (Fsp3) is 0.250. The number of amidine groups is 1. The summed E-state index contributed by atoms with van der Waals surface area (Å²) in [6.45, 7) is 3.61. The van der Waals surface area contributed by atoms with E-state index in [-0.39, 0.29) is 5.84 Å². The number of nitrogens with two attached hydrogens (primary N) is 1. The first-order valence-corrected chi connectivity index (χ1v) is 6.96. The van der Waals surface area contributed by atoms with Crippen molar-refractivity contribution in [2.45, 2.75) is 19.9 Å². The van der Waals surface area contributed by atoms with Crippen LogP contribution in [-0.4, -0.2) is 22.6 Å². The summed E-state index contributed by atoms with van der Waals surface area (Å²) in [5, 5.41) is 12.2. The summed E-state index contributed by atoms with van der Waals surface area (Å²) in [5.74, 6) is 0.884. The first-order valence-electron chi connectivity index (χ1n) is 6.96. The standard InChI is InChI=1S/C16H18N4O/c1-11-6-8-18-16(14(11)15(17)19-21)20-9-7-12-4-2-3-5-13(12)10-20/h2-6,8,21H,7,9-10H2,1H3,(H2,17,19). The number of oxime groups is 1. The molecule has 1 aromatic heterocycles. The molecule has 0 saturated carbocycles. The van der Waals surface area contributed by atoms with E-state index in [1.807, 2.05) is 13.0 Å². The van der Waals surface area contributed by atoms with E-state index in [4.69, 9.17) is 10.9 Å². The highest BCUT2D eigenvalue weighted by Gasteiger charge is 2.22. The molecule has 3 N–H and O–H groups in total. The number of nitrogens with zero attached hydrogens (tertiary/aromatic N) is 3. The fourth-order valence-corrected chi connectivity index (χ4v) is 2.83. The zero-order valence-electron chi connectivity index (χ0n) is 12.0. The molecular weight excluding hydrogens is 264 g/mol. The number of hydrogen-bond donors (Lipinski definition) is 2. The summed E-state index contributed by atoms with van der Waals surface area (Å²) in [7, 11) is 0. The van der Waals surface area contributed by atoms with Crippen LogP contribution in [0.25, 0.3) is 0 Å². The molecule has 0 bridgehead atoms. The predicted molar refractivity (Wildman–Crippen MR) is 82.7 cm³/mol. The highest BCUT2D eigenvalue weighted by atomic mass is 16.4. The molecule has 0 saturated heterocycles. The molecule has 0 fully saturated rings. The molecule has 2 heterocycles. The number of hydrogen-bond acceptors (Lipinski definition) is 4. The van der Waals surface area contributed by atoms with Gasteiger partial charge >= 0.3 is 0 Å². The lowest BCUT2D eigenvalue weighted by molar-refractivity contribution is 0.318. The topological polar surface area (TPSA) is 74.7 Å². The second-order valence-electron chi connectivity index (χ2n) is 5.25. The fourth-order valence-electron chi connectivity index (χ4n) is 2.83. The number of aromatic nitrogens is 1. The summed E-state index contributed by atoms with van der Waals surface area (Å²) in [6, 6.07) is 10.3. The van der Waals surface area contributed by atoms with Crippen molar-refractivity contribution < 1.29 is 5.21 Å². The van der Waals surface area contributed by atoms with Crippen LogP contribution in [0.4, 0.5) is 5.82 Å². The minimum Gasteiger partial charge on any atom is -0.409 e. The summed E-state index contributed by atoms with van der Waals surface area (Å²) in [4.78, 5) is 6.64. The summed E-state index contributed by atoms with van der Waals surface area (Å²) < 4.78 is 0. The smallest absolute Gasteiger partial charge is 0.174 e. The number of aryl methyl sites for hydroxylation is 1. The first-order chi connectivity index (χ1) is 10.2. The van der Waals surface area contributed by atoms with Crippen molar-refractivity contribution in [3.05, 3.63) is 58.8 Å². The zero-order chi connectivity index (χ0) is 14.8. The van der Waals surface area contributed by atoms with Gasteiger partial charge in [-0.25, -0.2) is 4.98 Å². The molecule has 108 valence electrons. The van der Waals surface area contributed by atoms with Crippen LogP contribution in [0.2, 0.25) is 0 Å². The van der Waals surface area contributed by atoms with Gasteiger partial charge in [0, 0.05) is 19.3 Å². The number of anilines is 1. The normalized spacial score (nSPS) is 14.9. The van der Waals surface area contributed by atoms with E-state index in [9.17, 15) is 0 Å². The van der Waals surface area contributed by atoms with Crippen LogP contribution in [0.3, 0.4) is 0 Å². The molecule has 0 unspecified atom stereocenters. The van der Waals surface area contributed by atoms with Crippen LogP contribution in [0.5, 0.6) is 0 Å². The molecule has 2 aromatic rings. The second-order valence-corrected chi connectivity index (χ2v) is 5.25. The van der Waals surface area contributed by atoms with Gasteiger partial charge < -0.3 is 15.8 Å². The minimum absolute atomic E-state index is 0.106. The lowest BCUT2D eigenvalue weighted by atomic mass is 9.99. The molecule has 5 heteroatoms. The van der Waals surface area contributed by atoms with Crippen LogP contribution in [0, 0.1) is 6.92 Å². The molecule has 21 heavy (non-hydrogen) atoms. The van der Waals surface area contributed by atoms with Crippen LogP contribution >= 0.6 is 0 Å². The summed E-state index contributed by atoms with van der Waals surface area (Å²) in [5.41, 5.74) is 10.2. The zero-order valence-corrected chi connectivity index (χ0v) is 12.0. The number of fused-ring (bicyclic) bond motifs is 1. The molecule has 0 atom stereocenters. The van der Waals surface area contributed by atoms with Gasteiger partial charge in [-0.2, -0.15) is 0 Å². The van der Waals surface area contributed by atoms with Crippen LogP contribution < -0.4 is 10.6 Å². The maximum Gasteiger partial charge on any atom is 0.174 e. The highest BCUT2D eigenvalue weighted by Crippen LogP contribution is 2.27. The largest absolute Gasteiger partial charge is 0.409 e. The van der Waals surface area contributed by atoms with Gasteiger partial charge in [-0.15, -0.1) is 0 Å². The average Bonchev–Trinajstić information content (AvgIpc) is 2.53. The molecule has 0 amide bonds. The molecule has 5 nitrogen and oxygen atoms in total. The highest BCUT2D eigenvalue weighted by molar-refractivity contribution is 6.02. The van der Waals surface area contributed by atoms with Gasteiger partial charge in [0.1, 0.15) is 5.82 Å². The maximum absolute atomic E-state index is 9.01.